The predicted octanol–water partition coefficient (Wildman–Crippen LogP) is 2.95. The number of nitrogens with zero attached hydrogens (tertiary/aromatic N) is 1. The Hall–Kier alpha value is -1.08. The average molecular weight is 320 g/mol. The topological polar surface area (TPSA) is 32.3 Å². The predicted molar refractivity (Wildman–Crippen MR) is 76.1 cm³/mol. The van der Waals surface area contributed by atoms with Crippen LogP contribution in [-0.2, 0) is 11.3 Å². The molecule has 1 atom stereocenters. The van der Waals surface area contributed by atoms with Crippen molar-refractivity contribution in [1.29, 1.82) is 0 Å². The zero-order valence-electron chi connectivity index (χ0n) is 11.9. The van der Waals surface area contributed by atoms with Gasteiger partial charge in [-0.05, 0) is 38.4 Å². The Labute approximate surface area is 126 Å². The molecule has 0 aliphatic carbocycles. The highest BCUT2D eigenvalue weighted by Crippen LogP contribution is 2.22. The number of nitrogens with one attached hydrogen (secondary N) is 1. The standard InChI is InChI=1S/C14H19F3N2OS/c1-10-4-5-12(21-10)8-19-6-2-3-11(7-19)13(20)18-9-14(15,16)17/h4-5,11H,2-3,6-9H2,1H3,(H,18,20)/t11-/m0/s1. The van der Waals surface area contributed by atoms with Gasteiger partial charge in [-0.25, -0.2) is 0 Å². The minimum atomic E-state index is -4.35. The van der Waals surface area contributed by atoms with Gasteiger partial charge in [-0.15, -0.1) is 11.3 Å². The fourth-order valence-corrected chi connectivity index (χ4v) is 3.47. The van der Waals surface area contributed by atoms with Crippen LogP contribution in [0.4, 0.5) is 13.2 Å². The van der Waals surface area contributed by atoms with E-state index >= 15 is 0 Å². The molecule has 21 heavy (non-hydrogen) atoms. The lowest BCUT2D eigenvalue weighted by Gasteiger charge is -2.31. The van der Waals surface area contributed by atoms with Gasteiger partial charge < -0.3 is 5.32 Å². The van der Waals surface area contributed by atoms with Crippen LogP contribution >= 0.6 is 11.3 Å². The molecule has 1 saturated heterocycles. The molecule has 7 heteroatoms. The maximum atomic E-state index is 12.1. The molecule has 1 amide bonds. The molecule has 1 fully saturated rings. The van der Waals surface area contributed by atoms with Crippen molar-refractivity contribution in [1.82, 2.24) is 10.2 Å². The van der Waals surface area contributed by atoms with Crippen molar-refractivity contribution in [3.63, 3.8) is 0 Å². The van der Waals surface area contributed by atoms with Crippen LogP contribution in [0.25, 0.3) is 0 Å². The van der Waals surface area contributed by atoms with Crippen LogP contribution in [0.2, 0.25) is 0 Å². The number of halogens is 3. The molecule has 0 unspecified atom stereocenters. The number of carbonyl (C=O) groups is 1. The number of alkyl halides is 3. The Kier molecular flexibility index (Phi) is 5.27. The first-order chi connectivity index (χ1) is 9.83. The Morgan fingerprint density at radius 3 is 2.86 bits per heavy atom. The summed E-state index contributed by atoms with van der Waals surface area (Å²) in [7, 11) is 0. The molecule has 0 radical (unpaired) electrons. The molecule has 118 valence electrons. The summed E-state index contributed by atoms with van der Waals surface area (Å²) in [5, 5.41) is 1.99. The van der Waals surface area contributed by atoms with Gasteiger partial charge in [0.1, 0.15) is 6.54 Å². The third kappa shape index (κ3) is 5.32. The van der Waals surface area contributed by atoms with Crippen molar-refractivity contribution in [3.05, 3.63) is 21.9 Å². The van der Waals surface area contributed by atoms with E-state index in [1.54, 1.807) is 11.3 Å². The van der Waals surface area contributed by atoms with Crippen LogP contribution in [0.1, 0.15) is 22.6 Å². The lowest BCUT2D eigenvalue weighted by Crippen LogP contribution is -2.44. The summed E-state index contributed by atoms with van der Waals surface area (Å²) in [6, 6.07) is 4.12. The molecule has 0 saturated carbocycles. The molecule has 1 aliphatic rings. The number of thiophene rings is 1. The normalized spacial score (nSPS) is 20.5. The second kappa shape index (κ2) is 6.79. The first-order valence-electron chi connectivity index (χ1n) is 6.95. The molecular formula is C14H19F3N2OS. The summed E-state index contributed by atoms with van der Waals surface area (Å²) in [5.41, 5.74) is 0. The highest BCUT2D eigenvalue weighted by molar-refractivity contribution is 7.11. The SMILES string of the molecule is Cc1ccc(CN2CCC[C@H](C(=O)NCC(F)(F)F)C2)s1. The third-order valence-corrected chi connectivity index (χ3v) is 4.50. The van der Waals surface area contributed by atoms with Crippen molar-refractivity contribution in [3.8, 4) is 0 Å². The molecule has 0 aromatic carbocycles. The zero-order chi connectivity index (χ0) is 15.5. The van der Waals surface area contributed by atoms with E-state index in [1.807, 2.05) is 12.2 Å². The second-order valence-corrected chi connectivity index (χ2v) is 6.79. The maximum Gasteiger partial charge on any atom is 0.405 e. The first kappa shape index (κ1) is 16.3. The van der Waals surface area contributed by atoms with Crippen molar-refractivity contribution in [2.75, 3.05) is 19.6 Å². The molecule has 2 heterocycles. The first-order valence-corrected chi connectivity index (χ1v) is 7.77. The number of carbonyl (C=O) groups excluding carboxylic acids is 1. The molecule has 1 aromatic heterocycles. The number of piperidine rings is 1. The van der Waals surface area contributed by atoms with Crippen LogP contribution in [0.3, 0.4) is 0 Å². The molecule has 2 rings (SSSR count). The summed E-state index contributed by atoms with van der Waals surface area (Å²) < 4.78 is 36.4. The lowest BCUT2D eigenvalue weighted by molar-refractivity contribution is -0.141. The van der Waals surface area contributed by atoms with Gasteiger partial charge in [0, 0.05) is 22.8 Å². The van der Waals surface area contributed by atoms with Crippen LogP contribution in [0.5, 0.6) is 0 Å². The van der Waals surface area contributed by atoms with Gasteiger partial charge in [-0.1, -0.05) is 0 Å². The van der Waals surface area contributed by atoms with E-state index < -0.39 is 18.6 Å². The molecular weight excluding hydrogens is 301 g/mol. The largest absolute Gasteiger partial charge is 0.405 e. The molecule has 1 aliphatic heterocycles. The molecule has 0 bridgehead atoms. The Morgan fingerprint density at radius 1 is 1.48 bits per heavy atom. The van der Waals surface area contributed by atoms with E-state index in [1.165, 1.54) is 9.75 Å². The van der Waals surface area contributed by atoms with Gasteiger partial charge in [0.2, 0.25) is 5.91 Å². The molecule has 3 nitrogen and oxygen atoms in total. The molecule has 1 aromatic rings. The quantitative estimate of drug-likeness (QED) is 0.925. The Bertz CT molecular complexity index is 487. The number of amides is 1. The van der Waals surface area contributed by atoms with E-state index in [0.717, 1.165) is 19.5 Å². The summed E-state index contributed by atoms with van der Waals surface area (Å²) in [6.07, 6.45) is -2.85. The van der Waals surface area contributed by atoms with Crippen molar-refractivity contribution in [2.45, 2.75) is 32.5 Å². The van der Waals surface area contributed by atoms with Gasteiger partial charge in [0.15, 0.2) is 0 Å². The maximum absolute atomic E-state index is 12.1. The van der Waals surface area contributed by atoms with E-state index in [4.69, 9.17) is 0 Å². The Morgan fingerprint density at radius 2 is 2.24 bits per heavy atom. The fraction of sp³-hybridized carbons (Fsp3) is 0.643. The minimum Gasteiger partial charge on any atom is -0.347 e. The number of likely N-dealkylation sites (tertiary alicyclic amines) is 1. The summed E-state index contributed by atoms with van der Waals surface area (Å²) in [5.74, 6) is -0.832. The monoisotopic (exact) mass is 320 g/mol. The fourth-order valence-electron chi connectivity index (χ4n) is 2.54. The third-order valence-electron chi connectivity index (χ3n) is 3.51. The summed E-state index contributed by atoms with van der Waals surface area (Å²) >= 11 is 1.71. The van der Waals surface area contributed by atoms with Crippen molar-refractivity contribution >= 4 is 17.2 Å². The molecule has 0 spiro atoms. The van der Waals surface area contributed by atoms with E-state index in [-0.39, 0.29) is 5.92 Å². The van der Waals surface area contributed by atoms with Gasteiger partial charge in [-0.3, -0.25) is 9.69 Å². The van der Waals surface area contributed by atoms with Crippen molar-refractivity contribution in [2.24, 2.45) is 5.92 Å². The highest BCUT2D eigenvalue weighted by atomic mass is 32.1. The van der Waals surface area contributed by atoms with Crippen LogP contribution in [0, 0.1) is 12.8 Å². The molecule has 1 N–H and O–H groups in total. The highest BCUT2D eigenvalue weighted by Gasteiger charge is 2.31. The average Bonchev–Trinajstić information content (AvgIpc) is 2.81. The van der Waals surface area contributed by atoms with Gasteiger partial charge >= 0.3 is 6.18 Å². The number of aryl methyl sites for hydroxylation is 1. The summed E-state index contributed by atoms with van der Waals surface area (Å²) in [4.78, 5) is 16.4. The van der Waals surface area contributed by atoms with Crippen LogP contribution in [0.15, 0.2) is 12.1 Å². The zero-order valence-corrected chi connectivity index (χ0v) is 12.7. The lowest BCUT2D eigenvalue weighted by atomic mass is 9.97. The second-order valence-electron chi connectivity index (χ2n) is 5.42. The van der Waals surface area contributed by atoms with Gasteiger partial charge in [0.05, 0.1) is 5.92 Å². The summed E-state index contributed by atoms with van der Waals surface area (Å²) in [6.45, 7) is 2.98. The smallest absolute Gasteiger partial charge is 0.347 e. The van der Waals surface area contributed by atoms with E-state index in [0.29, 0.717) is 13.0 Å². The van der Waals surface area contributed by atoms with Crippen LogP contribution < -0.4 is 5.32 Å². The Balaban J connectivity index is 1.84. The number of rotatable bonds is 4. The van der Waals surface area contributed by atoms with Crippen LogP contribution in [-0.4, -0.2) is 36.6 Å². The van der Waals surface area contributed by atoms with E-state index in [9.17, 15) is 18.0 Å². The van der Waals surface area contributed by atoms with E-state index in [2.05, 4.69) is 17.0 Å². The van der Waals surface area contributed by atoms with Gasteiger partial charge in [-0.2, -0.15) is 13.2 Å². The van der Waals surface area contributed by atoms with Crippen molar-refractivity contribution < 1.29 is 18.0 Å². The number of hydrogen-bond acceptors (Lipinski definition) is 3. The number of hydrogen-bond donors (Lipinski definition) is 1. The minimum absolute atomic E-state index is 0.345. The van der Waals surface area contributed by atoms with Gasteiger partial charge in [0.25, 0.3) is 0 Å².